The zero-order valence-corrected chi connectivity index (χ0v) is 17.3. The minimum atomic E-state index is -0.383. The second-order valence-electron chi connectivity index (χ2n) is 5.75. The van der Waals surface area contributed by atoms with Crippen molar-refractivity contribution in [2.75, 3.05) is 19.8 Å². The van der Waals surface area contributed by atoms with Crippen LogP contribution in [-0.2, 0) is 0 Å². The average Bonchev–Trinajstić information content (AvgIpc) is 2.68. The number of nitrogens with one attached hydrogen (secondary N) is 1. The van der Waals surface area contributed by atoms with Crippen LogP contribution >= 0.6 is 11.6 Å². The second-order valence-corrected chi connectivity index (χ2v) is 6.19. The predicted octanol–water partition coefficient (Wildman–Crippen LogP) is 4.69. The average molecular weight is 405 g/mol. The van der Waals surface area contributed by atoms with E-state index in [9.17, 15) is 4.79 Å². The molecule has 0 fully saturated rings. The Morgan fingerprint density at radius 3 is 2.11 bits per heavy atom. The third-order valence-corrected chi connectivity index (χ3v) is 3.97. The van der Waals surface area contributed by atoms with E-state index in [2.05, 4.69) is 10.5 Å². The van der Waals surface area contributed by atoms with E-state index in [1.54, 1.807) is 31.2 Å². The molecule has 0 heterocycles. The molecule has 0 spiro atoms. The highest BCUT2D eigenvalue weighted by molar-refractivity contribution is 6.31. The van der Waals surface area contributed by atoms with E-state index in [0.717, 1.165) is 5.56 Å². The fourth-order valence-corrected chi connectivity index (χ4v) is 2.69. The van der Waals surface area contributed by atoms with Crippen molar-refractivity contribution in [1.29, 1.82) is 0 Å². The van der Waals surface area contributed by atoms with Crippen molar-refractivity contribution in [2.45, 2.75) is 27.7 Å². The molecule has 0 atom stereocenters. The molecule has 6 nitrogen and oxygen atoms in total. The van der Waals surface area contributed by atoms with E-state index in [1.165, 1.54) is 0 Å². The van der Waals surface area contributed by atoms with Crippen LogP contribution < -0.4 is 19.6 Å². The van der Waals surface area contributed by atoms with E-state index >= 15 is 0 Å². The number of carbonyl (C=O) groups excluding carboxylic acids is 1. The predicted molar refractivity (Wildman–Crippen MR) is 111 cm³/mol. The van der Waals surface area contributed by atoms with Gasteiger partial charge in [-0.2, -0.15) is 5.10 Å². The maximum Gasteiger partial charge on any atom is 0.271 e. The lowest BCUT2D eigenvalue weighted by molar-refractivity contribution is 0.0953. The number of rotatable bonds is 9. The first kappa shape index (κ1) is 21.6. The number of hydrogen-bond acceptors (Lipinski definition) is 5. The first-order chi connectivity index (χ1) is 13.5. The Balaban J connectivity index is 2.29. The fourth-order valence-electron chi connectivity index (χ4n) is 2.50. The third-order valence-electron chi connectivity index (χ3n) is 3.74. The lowest BCUT2D eigenvalue weighted by atomic mass is 10.1. The van der Waals surface area contributed by atoms with Crippen LogP contribution in [0.5, 0.6) is 17.2 Å². The molecule has 2 rings (SSSR count). The molecule has 0 aliphatic heterocycles. The molecule has 0 unspecified atom stereocenters. The zero-order chi connectivity index (χ0) is 20.5. The number of halogens is 1. The summed E-state index contributed by atoms with van der Waals surface area (Å²) in [5, 5.41) is 4.77. The van der Waals surface area contributed by atoms with Gasteiger partial charge in [-0.3, -0.25) is 4.79 Å². The van der Waals surface area contributed by atoms with Crippen LogP contribution in [0, 0.1) is 0 Å². The Hall–Kier alpha value is -2.73. The van der Waals surface area contributed by atoms with Crippen LogP contribution in [0.2, 0.25) is 5.02 Å². The number of ether oxygens (including phenoxy) is 3. The van der Waals surface area contributed by atoms with Gasteiger partial charge in [0, 0.05) is 10.6 Å². The minimum absolute atomic E-state index is 0.359. The molecule has 28 heavy (non-hydrogen) atoms. The highest BCUT2D eigenvalue weighted by Gasteiger charge is 2.18. The number of nitrogens with zero attached hydrogens (tertiary/aromatic N) is 1. The van der Waals surface area contributed by atoms with Gasteiger partial charge in [0.15, 0.2) is 11.5 Å². The zero-order valence-electron chi connectivity index (χ0n) is 16.5. The van der Waals surface area contributed by atoms with Gasteiger partial charge in [-0.1, -0.05) is 23.7 Å². The molecule has 1 N–H and O–H groups in total. The van der Waals surface area contributed by atoms with Crippen LogP contribution in [0.1, 0.15) is 43.6 Å². The van der Waals surface area contributed by atoms with Crippen LogP contribution in [0.15, 0.2) is 41.5 Å². The molecule has 0 radical (unpaired) electrons. The summed E-state index contributed by atoms with van der Waals surface area (Å²) in [6.45, 7) is 8.71. The molecule has 2 aromatic rings. The first-order valence-corrected chi connectivity index (χ1v) is 9.54. The van der Waals surface area contributed by atoms with Gasteiger partial charge in [-0.05, 0) is 57.5 Å². The Bertz CT molecular complexity index is 825. The number of hydrogen-bond donors (Lipinski definition) is 1. The van der Waals surface area contributed by atoms with Crippen molar-refractivity contribution in [3.8, 4) is 17.2 Å². The smallest absolute Gasteiger partial charge is 0.271 e. The van der Waals surface area contributed by atoms with Gasteiger partial charge in [0.1, 0.15) is 0 Å². The van der Waals surface area contributed by atoms with Crippen molar-refractivity contribution >= 4 is 23.2 Å². The summed E-state index contributed by atoms with van der Waals surface area (Å²) in [7, 11) is 0. The monoisotopic (exact) mass is 404 g/mol. The standard InChI is InChI=1S/C21H25ClN2O4/c1-5-26-18-12-16(13-19(27-6-2)20(18)28-7-3)21(25)24-23-14(4)15-9-8-10-17(22)11-15/h8-13H,5-7H2,1-4H3,(H,24,25)/b23-14+. The summed E-state index contributed by atoms with van der Waals surface area (Å²) < 4.78 is 16.9. The minimum Gasteiger partial charge on any atom is -0.490 e. The first-order valence-electron chi connectivity index (χ1n) is 9.17. The quantitative estimate of drug-likeness (QED) is 0.486. The largest absolute Gasteiger partial charge is 0.490 e. The molecule has 0 saturated heterocycles. The molecule has 7 heteroatoms. The van der Waals surface area contributed by atoms with E-state index in [-0.39, 0.29) is 5.91 Å². The molecule has 0 aliphatic carbocycles. The van der Waals surface area contributed by atoms with Gasteiger partial charge in [-0.25, -0.2) is 5.43 Å². The molecular weight excluding hydrogens is 380 g/mol. The molecule has 150 valence electrons. The molecule has 0 saturated carbocycles. The fraction of sp³-hybridized carbons (Fsp3) is 0.333. The highest BCUT2D eigenvalue weighted by atomic mass is 35.5. The van der Waals surface area contributed by atoms with Crippen molar-refractivity contribution in [3.05, 3.63) is 52.5 Å². The second kappa shape index (κ2) is 10.6. The third kappa shape index (κ3) is 5.63. The summed E-state index contributed by atoms with van der Waals surface area (Å²) in [4.78, 5) is 12.6. The number of carbonyl (C=O) groups is 1. The van der Waals surface area contributed by atoms with Crippen LogP contribution in [0.3, 0.4) is 0 Å². The van der Waals surface area contributed by atoms with Gasteiger partial charge in [0.2, 0.25) is 5.75 Å². The van der Waals surface area contributed by atoms with Gasteiger partial charge in [0.25, 0.3) is 5.91 Å². The highest BCUT2D eigenvalue weighted by Crippen LogP contribution is 2.39. The van der Waals surface area contributed by atoms with Crippen LogP contribution in [-0.4, -0.2) is 31.4 Å². The number of amides is 1. The Morgan fingerprint density at radius 2 is 1.57 bits per heavy atom. The van der Waals surface area contributed by atoms with Crippen LogP contribution in [0.4, 0.5) is 0 Å². The summed E-state index contributed by atoms with van der Waals surface area (Å²) in [6, 6.07) is 10.5. The molecular formula is C21H25ClN2O4. The topological polar surface area (TPSA) is 69.2 Å². The van der Waals surface area contributed by atoms with E-state index in [4.69, 9.17) is 25.8 Å². The van der Waals surface area contributed by atoms with Crippen molar-refractivity contribution < 1.29 is 19.0 Å². The van der Waals surface area contributed by atoms with Gasteiger partial charge < -0.3 is 14.2 Å². The van der Waals surface area contributed by atoms with E-state index < -0.39 is 0 Å². The normalized spacial score (nSPS) is 11.1. The van der Waals surface area contributed by atoms with E-state index in [1.807, 2.05) is 32.9 Å². The van der Waals surface area contributed by atoms with Crippen molar-refractivity contribution in [1.82, 2.24) is 5.43 Å². The Morgan fingerprint density at radius 1 is 0.964 bits per heavy atom. The van der Waals surface area contributed by atoms with Crippen LogP contribution in [0.25, 0.3) is 0 Å². The Kier molecular flexibility index (Phi) is 8.14. The molecule has 0 aliphatic rings. The molecule has 2 aromatic carbocycles. The van der Waals surface area contributed by atoms with Gasteiger partial charge >= 0.3 is 0 Å². The van der Waals surface area contributed by atoms with Gasteiger partial charge in [0.05, 0.1) is 25.5 Å². The summed E-state index contributed by atoms with van der Waals surface area (Å²) in [5.74, 6) is 1.01. The van der Waals surface area contributed by atoms with Gasteiger partial charge in [-0.15, -0.1) is 0 Å². The lowest BCUT2D eigenvalue weighted by Crippen LogP contribution is -2.20. The SMILES string of the molecule is CCOc1cc(C(=O)N/N=C(\C)c2cccc(Cl)c2)cc(OCC)c1OCC. The molecule has 0 aromatic heterocycles. The Labute approximate surface area is 170 Å². The molecule has 0 bridgehead atoms. The lowest BCUT2D eigenvalue weighted by Gasteiger charge is -2.16. The van der Waals surface area contributed by atoms with E-state index in [0.29, 0.717) is 53.4 Å². The maximum absolute atomic E-state index is 12.6. The number of benzene rings is 2. The molecule has 1 amide bonds. The maximum atomic E-state index is 12.6. The summed E-state index contributed by atoms with van der Waals surface area (Å²) in [5.41, 5.74) is 4.38. The summed E-state index contributed by atoms with van der Waals surface area (Å²) in [6.07, 6.45) is 0. The summed E-state index contributed by atoms with van der Waals surface area (Å²) >= 11 is 6.00. The van der Waals surface area contributed by atoms with Crippen molar-refractivity contribution in [3.63, 3.8) is 0 Å². The van der Waals surface area contributed by atoms with Crippen molar-refractivity contribution in [2.24, 2.45) is 5.10 Å². The number of hydrazone groups is 1.